The molecule has 1 fully saturated rings. The fraction of sp³-hybridized carbons (Fsp3) is 0.611. The number of aromatic nitrogens is 1. The summed E-state index contributed by atoms with van der Waals surface area (Å²) in [5.41, 5.74) is 3.34. The second-order valence-corrected chi connectivity index (χ2v) is 7.22. The second-order valence-electron chi connectivity index (χ2n) is 7.22. The van der Waals surface area contributed by atoms with E-state index in [1.807, 2.05) is 22.9 Å². The first-order valence-corrected chi connectivity index (χ1v) is 8.45. The Morgan fingerprint density at radius 2 is 2.09 bits per heavy atom. The highest BCUT2D eigenvalue weighted by molar-refractivity contribution is 5.84. The number of pyridine rings is 1. The number of nitrogens with zero attached hydrogens (tertiary/aromatic N) is 3. The van der Waals surface area contributed by atoms with Gasteiger partial charge in [-0.15, -0.1) is 0 Å². The molecule has 3 heterocycles. The Morgan fingerprint density at radius 3 is 2.83 bits per heavy atom. The molecule has 0 unspecified atom stereocenters. The van der Waals surface area contributed by atoms with Gasteiger partial charge in [0.2, 0.25) is 11.8 Å². The van der Waals surface area contributed by atoms with Crippen LogP contribution in [-0.4, -0.2) is 39.7 Å². The first kappa shape index (κ1) is 16.0. The molecule has 5 heteroatoms. The van der Waals surface area contributed by atoms with Crippen molar-refractivity contribution in [2.75, 3.05) is 13.1 Å². The van der Waals surface area contributed by atoms with E-state index in [1.165, 1.54) is 5.56 Å². The zero-order chi connectivity index (χ0) is 16.6. The van der Waals surface area contributed by atoms with Crippen molar-refractivity contribution >= 4 is 11.8 Å². The molecule has 1 saturated heterocycles. The van der Waals surface area contributed by atoms with E-state index >= 15 is 0 Å². The quantitative estimate of drug-likeness (QED) is 0.858. The van der Waals surface area contributed by atoms with Crippen molar-refractivity contribution in [2.24, 2.45) is 11.8 Å². The molecule has 0 spiro atoms. The van der Waals surface area contributed by atoms with E-state index in [1.54, 1.807) is 0 Å². The van der Waals surface area contributed by atoms with E-state index in [0.29, 0.717) is 38.4 Å². The van der Waals surface area contributed by atoms with E-state index in [4.69, 9.17) is 0 Å². The van der Waals surface area contributed by atoms with Crippen LogP contribution in [0.15, 0.2) is 12.3 Å². The number of carbonyl (C=O) groups is 2. The fourth-order valence-corrected chi connectivity index (χ4v) is 3.55. The van der Waals surface area contributed by atoms with Gasteiger partial charge in [-0.25, -0.2) is 0 Å². The lowest BCUT2D eigenvalue weighted by molar-refractivity contribution is -0.143. The van der Waals surface area contributed by atoms with Crippen LogP contribution >= 0.6 is 0 Å². The van der Waals surface area contributed by atoms with Crippen molar-refractivity contribution in [3.05, 3.63) is 29.1 Å². The Balaban J connectivity index is 1.66. The van der Waals surface area contributed by atoms with Crippen molar-refractivity contribution in [1.82, 2.24) is 14.8 Å². The third-order valence-corrected chi connectivity index (χ3v) is 4.69. The molecule has 0 aliphatic carbocycles. The van der Waals surface area contributed by atoms with Crippen LogP contribution in [-0.2, 0) is 22.7 Å². The minimum Gasteiger partial charge on any atom is -0.342 e. The molecule has 0 N–H and O–H groups in total. The summed E-state index contributed by atoms with van der Waals surface area (Å²) in [7, 11) is 0. The van der Waals surface area contributed by atoms with Gasteiger partial charge in [0.15, 0.2) is 0 Å². The molecular weight excluding hydrogens is 290 g/mol. The third kappa shape index (κ3) is 3.38. The summed E-state index contributed by atoms with van der Waals surface area (Å²) in [5, 5.41) is 0. The van der Waals surface area contributed by atoms with Gasteiger partial charge in [0, 0.05) is 44.5 Å². The Labute approximate surface area is 137 Å². The molecule has 2 amide bonds. The van der Waals surface area contributed by atoms with Gasteiger partial charge >= 0.3 is 0 Å². The Morgan fingerprint density at radius 1 is 1.35 bits per heavy atom. The van der Waals surface area contributed by atoms with Gasteiger partial charge in [-0.2, -0.15) is 0 Å². The third-order valence-electron chi connectivity index (χ3n) is 4.69. The number of fused-ring (bicyclic) bond motifs is 1. The number of likely N-dealkylation sites (tertiary alicyclic amines) is 1. The average molecular weight is 315 g/mol. The van der Waals surface area contributed by atoms with Gasteiger partial charge in [0.1, 0.15) is 0 Å². The van der Waals surface area contributed by atoms with Crippen molar-refractivity contribution < 1.29 is 9.59 Å². The average Bonchev–Trinajstić information content (AvgIpc) is 2.91. The molecule has 0 bridgehead atoms. The Hall–Kier alpha value is -1.91. The molecule has 0 radical (unpaired) electrons. The van der Waals surface area contributed by atoms with Crippen LogP contribution in [0, 0.1) is 18.8 Å². The van der Waals surface area contributed by atoms with E-state index < -0.39 is 0 Å². The summed E-state index contributed by atoms with van der Waals surface area (Å²) < 4.78 is 0. The fourth-order valence-electron chi connectivity index (χ4n) is 3.55. The zero-order valence-corrected chi connectivity index (χ0v) is 14.2. The summed E-state index contributed by atoms with van der Waals surface area (Å²) in [6, 6.07) is 2.07. The number of hydrogen-bond acceptors (Lipinski definition) is 3. The van der Waals surface area contributed by atoms with Gasteiger partial charge in [0.25, 0.3) is 0 Å². The first-order valence-electron chi connectivity index (χ1n) is 8.45. The highest BCUT2D eigenvalue weighted by Gasteiger charge is 2.34. The molecule has 1 aromatic heterocycles. The highest BCUT2D eigenvalue weighted by atomic mass is 16.2. The summed E-state index contributed by atoms with van der Waals surface area (Å²) in [4.78, 5) is 33.0. The minimum absolute atomic E-state index is 0.0604. The molecule has 124 valence electrons. The van der Waals surface area contributed by atoms with Crippen LogP contribution in [0.4, 0.5) is 0 Å². The topological polar surface area (TPSA) is 53.5 Å². The normalized spacial score (nSPS) is 21.0. The number of amides is 2. The number of hydrogen-bond donors (Lipinski definition) is 0. The van der Waals surface area contributed by atoms with E-state index in [9.17, 15) is 9.59 Å². The molecule has 0 aromatic carbocycles. The standard InChI is InChI=1S/C18H25N3O2/c1-12(2)8-20-9-14(4-5-17(20)22)18(23)21-10-15-6-13(3)19-7-16(15)11-21/h6-7,12,14H,4-5,8-11H2,1-3H3/t14-/m0/s1. The lowest BCUT2D eigenvalue weighted by Crippen LogP contribution is -2.47. The Bertz CT molecular complexity index is 627. The van der Waals surface area contributed by atoms with Crippen LogP contribution in [0.25, 0.3) is 0 Å². The minimum atomic E-state index is -0.0604. The molecule has 1 aromatic rings. The lowest BCUT2D eigenvalue weighted by Gasteiger charge is -2.34. The summed E-state index contributed by atoms with van der Waals surface area (Å²) in [5.74, 6) is 0.736. The van der Waals surface area contributed by atoms with Gasteiger partial charge in [-0.1, -0.05) is 13.8 Å². The van der Waals surface area contributed by atoms with E-state index in [2.05, 4.69) is 24.9 Å². The van der Waals surface area contributed by atoms with Crippen LogP contribution < -0.4 is 0 Å². The second kappa shape index (κ2) is 6.30. The molecule has 5 nitrogen and oxygen atoms in total. The smallest absolute Gasteiger partial charge is 0.228 e. The Kier molecular flexibility index (Phi) is 4.37. The van der Waals surface area contributed by atoms with E-state index in [0.717, 1.165) is 17.8 Å². The lowest BCUT2D eigenvalue weighted by atomic mass is 9.95. The molecule has 0 saturated carbocycles. The van der Waals surface area contributed by atoms with Gasteiger partial charge in [0.05, 0.1) is 5.92 Å². The maximum absolute atomic E-state index is 12.9. The van der Waals surface area contributed by atoms with Gasteiger partial charge < -0.3 is 9.80 Å². The number of rotatable bonds is 3. The predicted molar refractivity (Wildman–Crippen MR) is 87.4 cm³/mol. The monoisotopic (exact) mass is 315 g/mol. The van der Waals surface area contributed by atoms with Crippen molar-refractivity contribution in [1.29, 1.82) is 0 Å². The molecule has 23 heavy (non-hydrogen) atoms. The number of carbonyl (C=O) groups excluding carboxylic acids is 2. The van der Waals surface area contributed by atoms with E-state index in [-0.39, 0.29) is 17.7 Å². The predicted octanol–water partition coefficient (Wildman–Crippen LogP) is 2.13. The van der Waals surface area contributed by atoms with Crippen LogP contribution in [0.5, 0.6) is 0 Å². The molecule has 2 aliphatic heterocycles. The van der Waals surface area contributed by atoms with Crippen molar-refractivity contribution in [3.63, 3.8) is 0 Å². The summed E-state index contributed by atoms with van der Waals surface area (Å²) >= 11 is 0. The maximum Gasteiger partial charge on any atom is 0.228 e. The highest BCUT2D eigenvalue weighted by Crippen LogP contribution is 2.27. The van der Waals surface area contributed by atoms with Crippen LogP contribution in [0.1, 0.15) is 43.5 Å². The largest absolute Gasteiger partial charge is 0.342 e. The molecule has 2 aliphatic rings. The SMILES string of the molecule is Cc1cc2c(cn1)CN(C(=O)[C@H]1CCC(=O)N(CC(C)C)C1)C2. The molecule has 1 atom stereocenters. The molecule has 3 rings (SSSR count). The number of piperidine rings is 1. The first-order chi connectivity index (χ1) is 10.9. The summed E-state index contributed by atoms with van der Waals surface area (Å²) in [6.07, 6.45) is 3.05. The summed E-state index contributed by atoms with van der Waals surface area (Å²) in [6.45, 7) is 8.81. The van der Waals surface area contributed by atoms with Gasteiger partial charge in [-0.3, -0.25) is 14.6 Å². The zero-order valence-electron chi connectivity index (χ0n) is 14.2. The van der Waals surface area contributed by atoms with Crippen molar-refractivity contribution in [3.8, 4) is 0 Å². The maximum atomic E-state index is 12.9. The van der Waals surface area contributed by atoms with Crippen LogP contribution in [0.2, 0.25) is 0 Å². The molecular formula is C18H25N3O2. The number of aryl methyl sites for hydroxylation is 1. The van der Waals surface area contributed by atoms with Crippen molar-refractivity contribution in [2.45, 2.75) is 46.7 Å². The van der Waals surface area contributed by atoms with Crippen LogP contribution in [0.3, 0.4) is 0 Å². The van der Waals surface area contributed by atoms with Gasteiger partial charge in [-0.05, 0) is 36.5 Å².